The topological polar surface area (TPSA) is 47.6 Å². The number of hydrogen-bond donors (Lipinski definition) is 0. The monoisotopic (exact) mass is 258 g/mol. The van der Waals surface area contributed by atoms with E-state index < -0.39 is 5.41 Å². The van der Waals surface area contributed by atoms with Crippen LogP contribution < -0.4 is 0 Å². The predicted molar refractivity (Wildman–Crippen MR) is 73.0 cm³/mol. The van der Waals surface area contributed by atoms with E-state index >= 15 is 0 Å². The van der Waals surface area contributed by atoms with E-state index in [-0.39, 0.29) is 5.92 Å². The predicted octanol–water partition coefficient (Wildman–Crippen LogP) is 4.44. The summed E-state index contributed by atoms with van der Waals surface area (Å²) < 4.78 is 0. The van der Waals surface area contributed by atoms with E-state index in [4.69, 9.17) is 11.6 Å². The van der Waals surface area contributed by atoms with Crippen LogP contribution in [0.25, 0.3) is 0 Å². The molecule has 18 heavy (non-hydrogen) atoms. The van der Waals surface area contributed by atoms with E-state index in [0.29, 0.717) is 11.4 Å². The third kappa shape index (κ3) is 2.73. The highest BCUT2D eigenvalue weighted by Gasteiger charge is 2.38. The van der Waals surface area contributed by atoms with Gasteiger partial charge in [-0.25, -0.2) is 0 Å². The summed E-state index contributed by atoms with van der Waals surface area (Å²) >= 11 is 5.86. The van der Waals surface area contributed by atoms with Gasteiger partial charge in [-0.1, -0.05) is 36.7 Å². The molecule has 0 aliphatic heterocycles. The van der Waals surface area contributed by atoms with Crippen LogP contribution in [0.2, 0.25) is 5.02 Å². The van der Waals surface area contributed by atoms with Gasteiger partial charge in [-0.3, -0.25) is 0 Å². The second kappa shape index (κ2) is 6.24. The molecule has 0 amide bonds. The highest BCUT2D eigenvalue weighted by Crippen LogP contribution is 2.41. The average molecular weight is 259 g/mol. The van der Waals surface area contributed by atoms with Gasteiger partial charge < -0.3 is 0 Å². The molecule has 0 saturated carbocycles. The maximum absolute atomic E-state index is 9.38. The largest absolute Gasteiger partial charge is 0.197 e. The lowest BCUT2D eigenvalue weighted by molar-refractivity contribution is 0.403. The molecule has 0 N–H and O–H groups in total. The van der Waals surface area contributed by atoms with Crippen LogP contribution in [0.3, 0.4) is 0 Å². The van der Waals surface area contributed by atoms with Gasteiger partial charge in [0, 0.05) is 10.9 Å². The molecule has 1 aromatic carbocycles. The van der Waals surface area contributed by atoms with Crippen LogP contribution in [0.15, 0.2) is 36.9 Å². The van der Waals surface area contributed by atoms with Gasteiger partial charge in [0.1, 0.15) is 0 Å². The molecule has 3 heteroatoms. The van der Waals surface area contributed by atoms with Gasteiger partial charge >= 0.3 is 0 Å². The molecule has 1 aromatic rings. The number of rotatable bonds is 5. The van der Waals surface area contributed by atoms with Gasteiger partial charge in [0.2, 0.25) is 0 Å². The second-order valence-corrected chi connectivity index (χ2v) is 4.64. The van der Waals surface area contributed by atoms with Gasteiger partial charge in [-0.05, 0) is 30.5 Å². The van der Waals surface area contributed by atoms with Crippen LogP contribution in [-0.2, 0) is 0 Å². The van der Waals surface area contributed by atoms with Crippen molar-refractivity contribution in [3.8, 4) is 12.1 Å². The van der Waals surface area contributed by atoms with E-state index in [1.54, 1.807) is 18.2 Å². The Balaban J connectivity index is 3.23. The van der Waals surface area contributed by atoms with Crippen LogP contribution in [0, 0.1) is 28.1 Å². The lowest BCUT2D eigenvalue weighted by atomic mass is 9.70. The van der Waals surface area contributed by atoms with Crippen molar-refractivity contribution in [2.45, 2.75) is 25.7 Å². The molecule has 1 atom stereocenters. The first-order valence-electron chi connectivity index (χ1n) is 5.82. The zero-order chi connectivity index (χ0) is 13.6. The summed E-state index contributed by atoms with van der Waals surface area (Å²) in [4.78, 5) is 0. The Kier molecular flexibility index (Phi) is 4.95. The molecular weight excluding hydrogens is 244 g/mol. The Hall–Kier alpha value is -1.77. The van der Waals surface area contributed by atoms with Gasteiger partial charge in [0.15, 0.2) is 5.41 Å². The number of nitrogens with zero attached hydrogens (tertiary/aromatic N) is 2. The third-order valence-corrected chi connectivity index (χ3v) is 3.39. The van der Waals surface area contributed by atoms with Crippen molar-refractivity contribution < 1.29 is 0 Å². The van der Waals surface area contributed by atoms with Crippen molar-refractivity contribution in [1.29, 1.82) is 10.5 Å². The Bertz CT molecular complexity index is 477. The van der Waals surface area contributed by atoms with Crippen LogP contribution in [-0.4, -0.2) is 0 Å². The molecule has 92 valence electrons. The van der Waals surface area contributed by atoms with E-state index in [0.717, 1.165) is 12.0 Å². The Labute approximate surface area is 113 Å². The van der Waals surface area contributed by atoms with Crippen molar-refractivity contribution in [1.82, 2.24) is 0 Å². The summed E-state index contributed by atoms with van der Waals surface area (Å²) in [5, 5.41) is 19.4. The normalized spacial score (nSPS) is 12.2. The molecule has 0 bridgehead atoms. The number of hydrogen-bond acceptors (Lipinski definition) is 2. The zero-order valence-electron chi connectivity index (χ0n) is 10.4. The smallest absolute Gasteiger partial charge is 0.154 e. The quantitative estimate of drug-likeness (QED) is 0.733. The number of benzene rings is 1. The first-order chi connectivity index (χ1) is 8.63. The molecule has 0 radical (unpaired) electrons. The van der Waals surface area contributed by atoms with Crippen LogP contribution in [0.5, 0.6) is 0 Å². The fraction of sp³-hybridized carbons (Fsp3) is 0.333. The molecule has 0 fully saturated rings. The minimum absolute atomic E-state index is 0.136. The molecule has 0 spiro atoms. The maximum atomic E-state index is 9.38. The first kappa shape index (κ1) is 14.3. The number of nitriles is 2. The Morgan fingerprint density at radius 1 is 1.33 bits per heavy atom. The van der Waals surface area contributed by atoms with Crippen molar-refractivity contribution in [3.05, 3.63) is 47.5 Å². The van der Waals surface area contributed by atoms with Gasteiger partial charge in [0.25, 0.3) is 0 Å². The molecule has 0 aliphatic carbocycles. The summed E-state index contributed by atoms with van der Waals surface area (Å²) in [6.45, 7) is 5.62. The highest BCUT2D eigenvalue weighted by molar-refractivity contribution is 6.30. The van der Waals surface area contributed by atoms with Crippen LogP contribution in [0.4, 0.5) is 0 Å². The average Bonchev–Trinajstić information content (AvgIpc) is 2.40. The Morgan fingerprint density at radius 3 is 2.28 bits per heavy atom. The van der Waals surface area contributed by atoms with Crippen molar-refractivity contribution in [2.24, 2.45) is 5.41 Å². The molecule has 1 unspecified atom stereocenters. The van der Waals surface area contributed by atoms with Gasteiger partial charge in [0.05, 0.1) is 12.1 Å². The maximum Gasteiger partial charge on any atom is 0.154 e. The molecule has 0 saturated heterocycles. The van der Waals surface area contributed by atoms with E-state index in [2.05, 4.69) is 18.7 Å². The Morgan fingerprint density at radius 2 is 1.89 bits per heavy atom. The molecule has 0 aromatic heterocycles. The van der Waals surface area contributed by atoms with Crippen molar-refractivity contribution in [3.63, 3.8) is 0 Å². The summed E-state index contributed by atoms with van der Waals surface area (Å²) in [5.41, 5.74) is -0.0866. The third-order valence-electron chi connectivity index (χ3n) is 3.14. The summed E-state index contributed by atoms with van der Waals surface area (Å²) in [6.07, 6.45) is 2.71. The highest BCUT2D eigenvalue weighted by atomic mass is 35.5. The van der Waals surface area contributed by atoms with E-state index in [1.165, 1.54) is 0 Å². The number of halogens is 1. The summed E-state index contributed by atoms with van der Waals surface area (Å²) in [7, 11) is 0. The molecule has 1 rings (SSSR count). The molecule has 2 nitrogen and oxygen atoms in total. The second-order valence-electron chi connectivity index (χ2n) is 4.20. The summed E-state index contributed by atoms with van der Waals surface area (Å²) in [5.74, 6) is -0.136. The number of allylic oxidation sites excluding steroid dienone is 1. The van der Waals surface area contributed by atoms with E-state index in [1.807, 2.05) is 19.1 Å². The SMILES string of the molecule is C=CCC(C#N)(C#N)C(CC)c1ccc(Cl)cc1. The molecular formula is C15H15ClN2. The van der Waals surface area contributed by atoms with Crippen LogP contribution >= 0.6 is 11.6 Å². The molecule has 0 heterocycles. The first-order valence-corrected chi connectivity index (χ1v) is 6.20. The fourth-order valence-electron chi connectivity index (χ4n) is 2.21. The van der Waals surface area contributed by atoms with Gasteiger partial charge in [-0.15, -0.1) is 6.58 Å². The zero-order valence-corrected chi connectivity index (χ0v) is 11.1. The van der Waals surface area contributed by atoms with Crippen molar-refractivity contribution >= 4 is 11.6 Å². The lowest BCUT2D eigenvalue weighted by Gasteiger charge is -2.27. The van der Waals surface area contributed by atoms with Crippen LogP contribution in [0.1, 0.15) is 31.2 Å². The minimum atomic E-state index is -1.05. The van der Waals surface area contributed by atoms with Crippen molar-refractivity contribution in [2.75, 3.05) is 0 Å². The molecule has 0 aliphatic rings. The van der Waals surface area contributed by atoms with Gasteiger partial charge in [-0.2, -0.15) is 10.5 Å². The van der Waals surface area contributed by atoms with E-state index in [9.17, 15) is 10.5 Å². The standard InChI is InChI=1S/C15H15ClN2/c1-3-9-15(10-17,11-18)14(4-2)12-5-7-13(16)8-6-12/h3,5-8,14H,1,4,9H2,2H3. The lowest BCUT2D eigenvalue weighted by Crippen LogP contribution is -2.25. The fourth-order valence-corrected chi connectivity index (χ4v) is 2.33. The minimum Gasteiger partial charge on any atom is -0.197 e. The summed E-state index contributed by atoms with van der Waals surface area (Å²) in [6, 6.07) is 11.7.